The number of hydrogen-bond acceptors (Lipinski definition) is 4. The Morgan fingerprint density at radius 2 is 1.73 bits per heavy atom. The van der Waals surface area contributed by atoms with Gasteiger partial charge >= 0.3 is 0 Å². The summed E-state index contributed by atoms with van der Waals surface area (Å²) in [6.45, 7) is 1.86. The molecule has 0 amide bonds. The van der Waals surface area contributed by atoms with Gasteiger partial charge in [-0.1, -0.05) is 0 Å². The number of rotatable bonds is 0. The molecule has 0 saturated carbocycles. The first-order valence-corrected chi connectivity index (χ1v) is 3.83. The highest BCUT2D eigenvalue weighted by Crippen LogP contribution is 1.78. The summed E-state index contributed by atoms with van der Waals surface area (Å²) in [6, 6.07) is 1.80. The van der Waals surface area contributed by atoms with Crippen molar-refractivity contribution in [3.63, 3.8) is 0 Å². The molecule has 5 nitrogen and oxygen atoms in total. The molecule has 1 aromatic heterocycles. The predicted octanol–water partition coefficient (Wildman–Crippen LogP) is -0.144. The lowest BCUT2D eigenvalue weighted by atomic mass is 10.6. The van der Waals surface area contributed by atoms with Crippen molar-refractivity contribution in [2.45, 2.75) is 6.92 Å². The Kier molecular flexibility index (Phi) is 5.22. The van der Waals surface area contributed by atoms with E-state index in [1.54, 1.807) is 18.5 Å². The second-order valence-corrected chi connectivity index (χ2v) is 2.01. The molecule has 0 aliphatic heterocycles. The van der Waals surface area contributed by atoms with Crippen molar-refractivity contribution in [2.75, 3.05) is 0 Å². The molecular formula is C5H8N2O3S. The molecule has 0 aliphatic carbocycles. The first kappa shape index (κ1) is 9.99. The molecule has 0 atom stereocenters. The van der Waals surface area contributed by atoms with Gasteiger partial charge in [-0.25, -0.2) is 18.4 Å². The van der Waals surface area contributed by atoms with Crippen molar-refractivity contribution in [3.8, 4) is 0 Å². The third-order valence-electron chi connectivity index (χ3n) is 0.695. The average Bonchev–Trinajstić information content (AvgIpc) is 1.87. The molecule has 11 heavy (non-hydrogen) atoms. The summed E-state index contributed by atoms with van der Waals surface area (Å²) < 4.78 is 24.2. The fraction of sp³-hybridized carbons (Fsp3) is 0.200. The van der Waals surface area contributed by atoms with Crippen LogP contribution in [-0.4, -0.2) is 22.9 Å². The van der Waals surface area contributed by atoms with Crippen molar-refractivity contribution in [3.05, 3.63) is 24.3 Å². The molecular weight excluding hydrogens is 168 g/mol. The summed E-state index contributed by atoms with van der Waals surface area (Å²) in [7, 11) is -3.12. The minimum atomic E-state index is -3.12. The van der Waals surface area contributed by atoms with Crippen LogP contribution in [0.5, 0.6) is 0 Å². The normalized spacial score (nSPS) is 8.64. The van der Waals surface area contributed by atoms with Crippen LogP contribution in [-0.2, 0) is 11.0 Å². The van der Waals surface area contributed by atoms with Gasteiger partial charge in [-0.3, -0.25) is 4.55 Å². The summed E-state index contributed by atoms with van der Waals surface area (Å²) in [5, 5.41) is 0. The molecule has 62 valence electrons. The minimum absolute atomic E-state index is 0.822. The molecule has 6 heteroatoms. The van der Waals surface area contributed by atoms with Crippen LogP contribution in [0, 0.1) is 6.92 Å². The van der Waals surface area contributed by atoms with Crippen LogP contribution in [0.2, 0.25) is 0 Å². The molecule has 0 aromatic carbocycles. The second kappa shape index (κ2) is 5.75. The highest BCUT2D eigenvalue weighted by atomic mass is 32.2. The highest BCUT2D eigenvalue weighted by molar-refractivity contribution is 7.66. The Morgan fingerprint density at radius 1 is 1.36 bits per heavy atom. The molecule has 1 heterocycles. The SMILES string of the molecule is Cc1ncccn1.O=[SH](=O)O. The average molecular weight is 176 g/mol. The quantitative estimate of drug-likeness (QED) is 0.424. The third kappa shape index (κ3) is 8.99. The van der Waals surface area contributed by atoms with E-state index in [0.717, 1.165) is 5.82 Å². The molecule has 0 saturated heterocycles. The van der Waals surface area contributed by atoms with Crippen LogP contribution in [0.1, 0.15) is 5.82 Å². The third-order valence-corrected chi connectivity index (χ3v) is 0.695. The largest absolute Gasteiger partial charge is 0.288 e. The van der Waals surface area contributed by atoms with Crippen molar-refractivity contribution in [1.29, 1.82) is 0 Å². The van der Waals surface area contributed by atoms with E-state index in [1.165, 1.54) is 0 Å². The molecule has 0 aliphatic rings. The van der Waals surface area contributed by atoms with Gasteiger partial charge in [0.1, 0.15) is 5.82 Å². The first-order valence-electron chi connectivity index (χ1n) is 2.70. The zero-order chi connectivity index (χ0) is 8.69. The standard InChI is InChI=1S/C5H6N2.H2O3S/c1-5-6-3-2-4-7-5;1-4(2)3/h2-4H,1H3;4H,(H,1,2,3). The van der Waals surface area contributed by atoms with Crippen LogP contribution in [0.3, 0.4) is 0 Å². The van der Waals surface area contributed by atoms with Crippen LogP contribution in [0.25, 0.3) is 0 Å². The molecule has 0 fully saturated rings. The minimum Gasteiger partial charge on any atom is -0.288 e. The van der Waals surface area contributed by atoms with Crippen molar-refractivity contribution in [2.24, 2.45) is 0 Å². The molecule has 1 N–H and O–H groups in total. The number of hydrogen-bond donors (Lipinski definition) is 2. The van der Waals surface area contributed by atoms with E-state index in [2.05, 4.69) is 9.97 Å². The summed E-state index contributed by atoms with van der Waals surface area (Å²) in [6.07, 6.45) is 3.45. The maximum Gasteiger partial charge on any atom is 0.254 e. The Labute approximate surface area is 65.9 Å². The number of aryl methyl sites for hydroxylation is 1. The molecule has 1 aromatic rings. The van der Waals surface area contributed by atoms with Gasteiger partial charge in [-0.05, 0) is 13.0 Å². The monoisotopic (exact) mass is 176 g/mol. The van der Waals surface area contributed by atoms with Gasteiger partial charge in [0.05, 0.1) is 0 Å². The van der Waals surface area contributed by atoms with Gasteiger partial charge in [0.2, 0.25) is 0 Å². The van der Waals surface area contributed by atoms with E-state index in [9.17, 15) is 0 Å². The van der Waals surface area contributed by atoms with E-state index in [-0.39, 0.29) is 0 Å². The zero-order valence-corrected chi connectivity index (χ0v) is 6.73. The van der Waals surface area contributed by atoms with Crippen molar-refractivity contribution >= 4 is 11.0 Å². The Balaban J connectivity index is 0.000000218. The summed E-state index contributed by atoms with van der Waals surface area (Å²) in [4.78, 5) is 7.74. The van der Waals surface area contributed by atoms with Crippen molar-refractivity contribution < 1.29 is 13.0 Å². The summed E-state index contributed by atoms with van der Waals surface area (Å²) >= 11 is 0. The lowest BCUT2D eigenvalue weighted by Crippen LogP contribution is -1.80. The molecule has 1 rings (SSSR count). The Morgan fingerprint density at radius 3 is 1.91 bits per heavy atom. The predicted molar refractivity (Wildman–Crippen MR) is 39.7 cm³/mol. The lowest BCUT2D eigenvalue weighted by Gasteiger charge is -1.81. The van der Waals surface area contributed by atoms with Crippen LogP contribution < -0.4 is 0 Å². The first-order chi connectivity index (χ1) is 5.13. The van der Waals surface area contributed by atoms with Crippen LogP contribution in [0.15, 0.2) is 18.5 Å². The van der Waals surface area contributed by atoms with Gasteiger partial charge in [0, 0.05) is 12.4 Å². The second-order valence-electron chi connectivity index (χ2n) is 1.53. The smallest absolute Gasteiger partial charge is 0.254 e. The topological polar surface area (TPSA) is 80.2 Å². The van der Waals surface area contributed by atoms with Crippen LogP contribution in [0.4, 0.5) is 0 Å². The zero-order valence-electron chi connectivity index (χ0n) is 5.84. The van der Waals surface area contributed by atoms with E-state index >= 15 is 0 Å². The van der Waals surface area contributed by atoms with Crippen LogP contribution >= 0.6 is 0 Å². The highest BCUT2D eigenvalue weighted by Gasteiger charge is 1.74. The maximum absolute atomic E-state index is 8.59. The maximum atomic E-state index is 8.59. The van der Waals surface area contributed by atoms with Gasteiger partial charge in [-0.15, -0.1) is 0 Å². The number of thiol groups is 1. The fourth-order valence-electron chi connectivity index (χ4n) is 0.374. The fourth-order valence-corrected chi connectivity index (χ4v) is 0.374. The molecule has 0 unspecified atom stereocenters. The molecule has 0 bridgehead atoms. The number of nitrogens with zero attached hydrogens (tertiary/aromatic N) is 2. The lowest BCUT2D eigenvalue weighted by molar-refractivity contribution is 0.509. The van der Waals surface area contributed by atoms with E-state index in [1.807, 2.05) is 6.92 Å². The van der Waals surface area contributed by atoms with Gasteiger partial charge < -0.3 is 0 Å². The molecule has 0 radical (unpaired) electrons. The van der Waals surface area contributed by atoms with Gasteiger partial charge in [-0.2, -0.15) is 0 Å². The van der Waals surface area contributed by atoms with Crippen molar-refractivity contribution in [1.82, 2.24) is 9.97 Å². The van der Waals surface area contributed by atoms with Gasteiger partial charge in [0.25, 0.3) is 11.0 Å². The van der Waals surface area contributed by atoms with E-state index in [4.69, 9.17) is 13.0 Å². The Hall–Kier alpha value is -1.01. The molecule has 0 spiro atoms. The Bertz CT molecular complexity index is 252. The summed E-state index contributed by atoms with van der Waals surface area (Å²) in [5.74, 6) is 0.822. The summed E-state index contributed by atoms with van der Waals surface area (Å²) in [5.41, 5.74) is 0. The van der Waals surface area contributed by atoms with Gasteiger partial charge in [0.15, 0.2) is 0 Å². The number of aromatic nitrogens is 2. The van der Waals surface area contributed by atoms with E-state index < -0.39 is 11.0 Å². The van der Waals surface area contributed by atoms with E-state index in [0.29, 0.717) is 0 Å².